The molecule has 1 aliphatic rings. The maximum atomic E-state index is 5.38. The summed E-state index contributed by atoms with van der Waals surface area (Å²) in [6, 6.07) is 8.24. The molecule has 1 unspecified atom stereocenters. The molecule has 0 bridgehead atoms. The molecule has 100 valence electrons. The summed E-state index contributed by atoms with van der Waals surface area (Å²) in [4.78, 5) is 4.41. The third-order valence-corrected chi connectivity index (χ3v) is 3.44. The molecule has 3 heterocycles. The summed E-state index contributed by atoms with van der Waals surface area (Å²) in [6.45, 7) is 0.892. The Hall–Kier alpha value is -2.54. The van der Waals surface area contributed by atoms with Gasteiger partial charge in [0.05, 0.1) is 6.20 Å². The average Bonchev–Trinajstić information content (AvgIpc) is 3.17. The molecule has 20 heavy (non-hydrogen) atoms. The van der Waals surface area contributed by atoms with Crippen molar-refractivity contribution in [3.05, 3.63) is 47.5 Å². The van der Waals surface area contributed by atoms with Gasteiger partial charge in [0.15, 0.2) is 5.69 Å². The van der Waals surface area contributed by atoms with Crippen molar-refractivity contribution in [2.75, 3.05) is 6.54 Å². The Morgan fingerprint density at radius 1 is 1.25 bits per heavy atom. The smallest absolute Gasteiger partial charge is 0.248 e. The van der Waals surface area contributed by atoms with Crippen molar-refractivity contribution in [1.29, 1.82) is 0 Å². The van der Waals surface area contributed by atoms with E-state index in [1.165, 1.54) is 11.1 Å². The van der Waals surface area contributed by atoms with Gasteiger partial charge >= 0.3 is 0 Å². The van der Waals surface area contributed by atoms with Crippen LogP contribution in [0.5, 0.6) is 0 Å². The fourth-order valence-corrected chi connectivity index (χ4v) is 2.49. The standard InChI is InChI=1S/C13H12N6O/c1-2-4-9-8(3-1)5-6-14-11(9)13-16-12(18-20-13)10-7-15-19-17-10/h1-4,7,11,14H,5-6H2,(H,15,17,19). The molecule has 1 atom stereocenters. The highest BCUT2D eigenvalue weighted by atomic mass is 16.5. The van der Waals surface area contributed by atoms with Gasteiger partial charge in [-0.1, -0.05) is 29.4 Å². The Bertz CT molecular complexity index is 720. The quantitative estimate of drug-likeness (QED) is 0.722. The van der Waals surface area contributed by atoms with Gasteiger partial charge in [-0.15, -0.1) is 0 Å². The van der Waals surface area contributed by atoms with Crippen LogP contribution in [0.4, 0.5) is 0 Å². The minimum Gasteiger partial charge on any atom is -0.337 e. The fraction of sp³-hybridized carbons (Fsp3) is 0.231. The van der Waals surface area contributed by atoms with E-state index in [0.29, 0.717) is 17.4 Å². The summed E-state index contributed by atoms with van der Waals surface area (Å²) in [5, 5.41) is 17.6. The summed E-state index contributed by atoms with van der Waals surface area (Å²) in [5.41, 5.74) is 3.08. The summed E-state index contributed by atoms with van der Waals surface area (Å²) >= 11 is 0. The minimum absolute atomic E-state index is 0.0619. The highest BCUT2D eigenvalue weighted by molar-refractivity contribution is 5.45. The lowest BCUT2D eigenvalue weighted by Gasteiger charge is -2.23. The van der Waals surface area contributed by atoms with E-state index in [4.69, 9.17) is 4.52 Å². The van der Waals surface area contributed by atoms with Gasteiger partial charge in [0.2, 0.25) is 11.7 Å². The van der Waals surface area contributed by atoms with Gasteiger partial charge in [0.1, 0.15) is 6.04 Å². The van der Waals surface area contributed by atoms with Crippen LogP contribution in [-0.2, 0) is 6.42 Å². The van der Waals surface area contributed by atoms with Gasteiger partial charge < -0.3 is 9.84 Å². The van der Waals surface area contributed by atoms with Crippen LogP contribution in [0.15, 0.2) is 35.0 Å². The van der Waals surface area contributed by atoms with E-state index in [9.17, 15) is 0 Å². The van der Waals surface area contributed by atoms with Crippen LogP contribution in [0.1, 0.15) is 23.1 Å². The SMILES string of the molecule is c1ccc2c(c1)CCNC2c1nc(-c2cn[nH]n2)no1. The molecule has 2 aromatic heterocycles. The van der Waals surface area contributed by atoms with Crippen molar-refractivity contribution in [3.8, 4) is 11.5 Å². The number of aromatic amines is 1. The third kappa shape index (κ3) is 1.79. The zero-order valence-electron chi connectivity index (χ0n) is 10.6. The first-order chi connectivity index (χ1) is 9.92. The Morgan fingerprint density at radius 2 is 2.20 bits per heavy atom. The van der Waals surface area contributed by atoms with Crippen molar-refractivity contribution < 1.29 is 4.52 Å². The molecular weight excluding hydrogens is 256 g/mol. The summed E-state index contributed by atoms with van der Waals surface area (Å²) < 4.78 is 5.38. The van der Waals surface area contributed by atoms with Crippen LogP contribution in [0.3, 0.4) is 0 Å². The second kappa shape index (κ2) is 4.53. The number of nitrogens with one attached hydrogen (secondary N) is 2. The van der Waals surface area contributed by atoms with E-state index >= 15 is 0 Å². The predicted octanol–water partition coefficient (Wildman–Crippen LogP) is 1.09. The second-order valence-electron chi connectivity index (χ2n) is 4.65. The molecule has 0 radical (unpaired) electrons. The van der Waals surface area contributed by atoms with Crippen LogP contribution in [0, 0.1) is 0 Å². The van der Waals surface area contributed by atoms with E-state index in [2.05, 4.69) is 49.1 Å². The van der Waals surface area contributed by atoms with Crippen LogP contribution < -0.4 is 5.32 Å². The van der Waals surface area contributed by atoms with Crippen LogP contribution in [0.2, 0.25) is 0 Å². The topological polar surface area (TPSA) is 92.5 Å². The Labute approximate surface area is 114 Å². The second-order valence-corrected chi connectivity index (χ2v) is 4.65. The zero-order chi connectivity index (χ0) is 13.4. The van der Waals surface area contributed by atoms with E-state index in [-0.39, 0.29) is 6.04 Å². The molecule has 1 aliphatic heterocycles. The molecule has 0 saturated carbocycles. The molecular formula is C13H12N6O. The monoisotopic (exact) mass is 268 g/mol. The fourth-order valence-electron chi connectivity index (χ4n) is 2.49. The van der Waals surface area contributed by atoms with Gasteiger partial charge in [-0.05, 0) is 17.5 Å². The Balaban J connectivity index is 1.72. The molecule has 0 spiro atoms. The average molecular weight is 268 g/mol. The number of rotatable bonds is 2. The lowest BCUT2D eigenvalue weighted by molar-refractivity contribution is 0.344. The number of fused-ring (bicyclic) bond motifs is 1. The van der Waals surface area contributed by atoms with E-state index < -0.39 is 0 Å². The summed E-state index contributed by atoms with van der Waals surface area (Å²) in [7, 11) is 0. The molecule has 0 saturated heterocycles. The summed E-state index contributed by atoms with van der Waals surface area (Å²) in [6.07, 6.45) is 2.58. The van der Waals surface area contributed by atoms with Crippen LogP contribution in [0.25, 0.3) is 11.5 Å². The Morgan fingerprint density at radius 3 is 3.10 bits per heavy atom. The highest BCUT2D eigenvalue weighted by Crippen LogP contribution is 2.28. The largest absolute Gasteiger partial charge is 0.337 e. The van der Waals surface area contributed by atoms with Gasteiger partial charge in [-0.25, -0.2) is 0 Å². The van der Waals surface area contributed by atoms with Crippen molar-refractivity contribution in [1.82, 2.24) is 30.9 Å². The molecule has 4 rings (SSSR count). The van der Waals surface area contributed by atoms with Crippen molar-refractivity contribution in [2.45, 2.75) is 12.5 Å². The molecule has 1 aromatic carbocycles. The number of hydrogen-bond acceptors (Lipinski definition) is 6. The molecule has 0 aliphatic carbocycles. The first kappa shape index (κ1) is 11.3. The van der Waals surface area contributed by atoms with Gasteiger partial charge in [-0.2, -0.15) is 20.4 Å². The minimum atomic E-state index is -0.0619. The summed E-state index contributed by atoms with van der Waals surface area (Å²) in [5.74, 6) is 0.994. The normalized spacial score (nSPS) is 17.9. The molecule has 3 aromatic rings. The Kier molecular flexibility index (Phi) is 2.56. The van der Waals surface area contributed by atoms with E-state index in [1.54, 1.807) is 6.20 Å². The molecule has 0 fully saturated rings. The number of aromatic nitrogens is 5. The predicted molar refractivity (Wildman–Crippen MR) is 69.7 cm³/mol. The van der Waals surface area contributed by atoms with E-state index in [0.717, 1.165) is 13.0 Å². The van der Waals surface area contributed by atoms with E-state index in [1.807, 2.05) is 6.07 Å². The lowest BCUT2D eigenvalue weighted by atomic mass is 9.94. The highest BCUT2D eigenvalue weighted by Gasteiger charge is 2.26. The lowest BCUT2D eigenvalue weighted by Crippen LogP contribution is -2.30. The van der Waals surface area contributed by atoms with Gasteiger partial charge in [0.25, 0.3) is 0 Å². The maximum Gasteiger partial charge on any atom is 0.248 e. The van der Waals surface area contributed by atoms with Crippen LogP contribution in [-0.4, -0.2) is 32.1 Å². The van der Waals surface area contributed by atoms with Gasteiger partial charge in [-0.3, -0.25) is 0 Å². The molecule has 7 heteroatoms. The number of benzene rings is 1. The maximum absolute atomic E-state index is 5.38. The number of H-pyrrole nitrogens is 1. The third-order valence-electron chi connectivity index (χ3n) is 3.44. The van der Waals surface area contributed by atoms with Gasteiger partial charge in [0, 0.05) is 6.54 Å². The molecule has 0 amide bonds. The first-order valence-corrected chi connectivity index (χ1v) is 6.43. The first-order valence-electron chi connectivity index (χ1n) is 6.43. The van der Waals surface area contributed by atoms with Crippen molar-refractivity contribution >= 4 is 0 Å². The molecule has 7 nitrogen and oxygen atoms in total. The zero-order valence-corrected chi connectivity index (χ0v) is 10.6. The number of hydrogen-bond donors (Lipinski definition) is 2. The van der Waals surface area contributed by atoms with Crippen molar-refractivity contribution in [3.63, 3.8) is 0 Å². The van der Waals surface area contributed by atoms with Crippen LogP contribution >= 0.6 is 0 Å². The number of nitrogens with zero attached hydrogens (tertiary/aromatic N) is 4. The van der Waals surface area contributed by atoms with Crippen molar-refractivity contribution in [2.24, 2.45) is 0 Å². The molecule has 2 N–H and O–H groups in total.